The Kier molecular flexibility index (Phi) is 4.75. The van der Waals surface area contributed by atoms with Gasteiger partial charge in [-0.3, -0.25) is 4.79 Å². The topological polar surface area (TPSA) is 82.8 Å². The number of esters is 2. The number of hydrogen-bond donors (Lipinski definition) is 0. The van der Waals surface area contributed by atoms with Gasteiger partial charge < -0.3 is 9.47 Å². The molecule has 0 unspecified atom stereocenters. The van der Waals surface area contributed by atoms with E-state index in [4.69, 9.17) is 9.47 Å². The number of aryl methyl sites for hydroxylation is 2. The Bertz CT molecular complexity index is 721. The van der Waals surface area contributed by atoms with Crippen LogP contribution in [0.3, 0.4) is 0 Å². The summed E-state index contributed by atoms with van der Waals surface area (Å²) in [6.45, 7) is 7.77. The second-order valence-electron chi connectivity index (χ2n) is 4.76. The van der Waals surface area contributed by atoms with E-state index in [0.29, 0.717) is 17.9 Å². The molecule has 7 nitrogen and oxygen atoms in total. The van der Waals surface area contributed by atoms with E-state index in [-0.39, 0.29) is 24.7 Å². The molecule has 0 N–H and O–H groups in total. The average Bonchev–Trinajstić information content (AvgIpc) is 2.88. The van der Waals surface area contributed by atoms with Crippen molar-refractivity contribution in [2.24, 2.45) is 0 Å². The Morgan fingerprint density at radius 3 is 2.50 bits per heavy atom. The first-order chi connectivity index (χ1) is 10.5. The first kappa shape index (κ1) is 15.9. The third-order valence-electron chi connectivity index (χ3n) is 3.27. The molecule has 0 saturated heterocycles. The third-order valence-corrected chi connectivity index (χ3v) is 3.27. The molecule has 2 aromatic heterocycles. The van der Waals surface area contributed by atoms with Gasteiger partial charge in [0, 0.05) is 23.0 Å². The summed E-state index contributed by atoms with van der Waals surface area (Å²) in [6, 6.07) is 1.58. The Hall–Kier alpha value is -2.44. The van der Waals surface area contributed by atoms with E-state index in [1.807, 2.05) is 13.8 Å². The molecule has 0 atom stereocenters. The fourth-order valence-corrected chi connectivity index (χ4v) is 2.24. The van der Waals surface area contributed by atoms with E-state index < -0.39 is 5.97 Å². The van der Waals surface area contributed by atoms with Crippen LogP contribution >= 0.6 is 0 Å². The summed E-state index contributed by atoms with van der Waals surface area (Å²) < 4.78 is 11.5. The minimum absolute atomic E-state index is 0.128. The Morgan fingerprint density at radius 2 is 1.86 bits per heavy atom. The van der Waals surface area contributed by atoms with E-state index in [9.17, 15) is 9.59 Å². The molecular weight excluding hydrogens is 286 g/mol. The zero-order valence-corrected chi connectivity index (χ0v) is 13.2. The second kappa shape index (κ2) is 6.55. The first-order valence-corrected chi connectivity index (χ1v) is 7.16. The van der Waals surface area contributed by atoms with Crippen LogP contribution in [-0.2, 0) is 20.7 Å². The largest absolute Gasteiger partial charge is 0.466 e. The van der Waals surface area contributed by atoms with E-state index in [1.54, 1.807) is 24.4 Å². The van der Waals surface area contributed by atoms with Crippen molar-refractivity contribution in [3.63, 3.8) is 0 Å². The van der Waals surface area contributed by atoms with Crippen LogP contribution in [0.25, 0.3) is 5.65 Å². The molecule has 0 aliphatic rings. The fraction of sp³-hybridized carbons (Fsp3) is 0.467. The van der Waals surface area contributed by atoms with Crippen LogP contribution < -0.4 is 0 Å². The van der Waals surface area contributed by atoms with Gasteiger partial charge in [-0.1, -0.05) is 0 Å². The number of carbonyl (C=O) groups is 2. The maximum absolute atomic E-state index is 11.8. The van der Waals surface area contributed by atoms with E-state index >= 15 is 0 Å². The molecule has 0 aliphatic carbocycles. The van der Waals surface area contributed by atoms with Gasteiger partial charge >= 0.3 is 11.9 Å². The average molecular weight is 305 g/mol. The van der Waals surface area contributed by atoms with E-state index in [1.165, 1.54) is 0 Å². The number of ether oxygens (including phenoxy) is 2. The SMILES string of the molecule is CCOC(=O)Cc1c(C)nc2cc(C(=O)OCC)nn2c1C. The summed E-state index contributed by atoms with van der Waals surface area (Å²) >= 11 is 0. The first-order valence-electron chi connectivity index (χ1n) is 7.16. The Labute approximate surface area is 128 Å². The van der Waals surface area contributed by atoms with Crippen molar-refractivity contribution in [2.45, 2.75) is 34.1 Å². The van der Waals surface area contributed by atoms with Crippen LogP contribution in [-0.4, -0.2) is 39.8 Å². The lowest BCUT2D eigenvalue weighted by Gasteiger charge is -2.10. The molecule has 2 heterocycles. The Balaban J connectivity index is 2.43. The predicted octanol–water partition coefficient (Wildman–Crippen LogP) is 1.63. The van der Waals surface area contributed by atoms with Crippen LogP contribution in [0, 0.1) is 13.8 Å². The van der Waals surface area contributed by atoms with Gasteiger partial charge in [0.2, 0.25) is 0 Å². The second-order valence-corrected chi connectivity index (χ2v) is 4.76. The molecule has 7 heteroatoms. The molecule has 0 aliphatic heterocycles. The lowest BCUT2D eigenvalue weighted by atomic mass is 10.1. The van der Waals surface area contributed by atoms with Crippen molar-refractivity contribution in [3.05, 3.63) is 28.7 Å². The zero-order chi connectivity index (χ0) is 16.3. The van der Waals surface area contributed by atoms with E-state index in [2.05, 4.69) is 10.1 Å². The zero-order valence-electron chi connectivity index (χ0n) is 13.2. The summed E-state index contributed by atoms with van der Waals surface area (Å²) in [5.41, 5.74) is 2.97. The van der Waals surface area contributed by atoms with Gasteiger partial charge in [-0.05, 0) is 27.7 Å². The molecule has 0 spiro atoms. The molecule has 0 saturated carbocycles. The van der Waals surface area contributed by atoms with Crippen molar-refractivity contribution < 1.29 is 19.1 Å². The molecule has 2 rings (SSSR count). The number of nitrogens with zero attached hydrogens (tertiary/aromatic N) is 3. The summed E-state index contributed by atoms with van der Waals surface area (Å²) in [7, 11) is 0. The molecule has 118 valence electrons. The van der Waals surface area contributed by atoms with Crippen LogP contribution in [0.5, 0.6) is 0 Å². The lowest BCUT2D eigenvalue weighted by Crippen LogP contribution is -2.13. The standard InChI is InChI=1S/C15H19N3O4/c1-5-21-14(19)7-11-9(3)16-13-8-12(15(20)22-6-2)17-18(13)10(11)4/h8H,5-7H2,1-4H3. The molecule has 0 radical (unpaired) electrons. The predicted molar refractivity (Wildman–Crippen MR) is 78.8 cm³/mol. The minimum Gasteiger partial charge on any atom is -0.466 e. The molecule has 0 bridgehead atoms. The van der Waals surface area contributed by atoms with Crippen molar-refractivity contribution >= 4 is 17.6 Å². The maximum atomic E-state index is 11.8. The minimum atomic E-state index is -0.489. The highest BCUT2D eigenvalue weighted by atomic mass is 16.5. The highest BCUT2D eigenvalue weighted by Gasteiger charge is 2.18. The summed E-state index contributed by atoms with van der Waals surface area (Å²) in [4.78, 5) is 27.9. The smallest absolute Gasteiger partial charge is 0.358 e. The highest BCUT2D eigenvalue weighted by molar-refractivity contribution is 5.88. The van der Waals surface area contributed by atoms with Gasteiger partial charge in [0.05, 0.1) is 19.6 Å². The van der Waals surface area contributed by atoms with Crippen molar-refractivity contribution in [1.82, 2.24) is 14.6 Å². The van der Waals surface area contributed by atoms with Crippen LogP contribution in [0.1, 0.15) is 41.3 Å². The number of carbonyl (C=O) groups excluding carboxylic acids is 2. The molecule has 0 fully saturated rings. The quantitative estimate of drug-likeness (QED) is 0.781. The summed E-state index contributed by atoms with van der Waals surface area (Å²) in [5, 5.41) is 4.21. The number of rotatable bonds is 5. The lowest BCUT2D eigenvalue weighted by molar-refractivity contribution is -0.142. The van der Waals surface area contributed by atoms with Gasteiger partial charge in [-0.15, -0.1) is 0 Å². The van der Waals surface area contributed by atoms with Gasteiger partial charge in [-0.2, -0.15) is 5.10 Å². The van der Waals surface area contributed by atoms with Crippen LogP contribution in [0.2, 0.25) is 0 Å². The highest BCUT2D eigenvalue weighted by Crippen LogP contribution is 2.17. The van der Waals surface area contributed by atoms with Gasteiger partial charge in [0.25, 0.3) is 0 Å². The number of aromatic nitrogens is 3. The van der Waals surface area contributed by atoms with Gasteiger partial charge in [0.15, 0.2) is 11.3 Å². The van der Waals surface area contributed by atoms with Crippen molar-refractivity contribution in [2.75, 3.05) is 13.2 Å². The Morgan fingerprint density at radius 1 is 1.18 bits per heavy atom. The normalized spacial score (nSPS) is 10.7. The van der Waals surface area contributed by atoms with Crippen LogP contribution in [0.15, 0.2) is 6.07 Å². The maximum Gasteiger partial charge on any atom is 0.358 e. The summed E-state index contributed by atoms with van der Waals surface area (Å²) in [6.07, 6.45) is 0.128. The van der Waals surface area contributed by atoms with Gasteiger partial charge in [-0.25, -0.2) is 14.3 Å². The molecule has 22 heavy (non-hydrogen) atoms. The number of hydrogen-bond acceptors (Lipinski definition) is 6. The van der Waals surface area contributed by atoms with Crippen molar-refractivity contribution in [3.8, 4) is 0 Å². The molecular formula is C15H19N3O4. The van der Waals surface area contributed by atoms with Gasteiger partial charge in [0.1, 0.15) is 0 Å². The van der Waals surface area contributed by atoms with Crippen LogP contribution in [0.4, 0.5) is 0 Å². The van der Waals surface area contributed by atoms with Crippen molar-refractivity contribution in [1.29, 1.82) is 0 Å². The summed E-state index contributed by atoms with van der Waals surface area (Å²) in [5.74, 6) is -0.801. The molecule has 0 aromatic carbocycles. The fourth-order valence-electron chi connectivity index (χ4n) is 2.24. The molecule has 0 amide bonds. The van der Waals surface area contributed by atoms with E-state index in [0.717, 1.165) is 11.3 Å². The molecule has 2 aromatic rings. The third kappa shape index (κ3) is 3.08. The number of fused-ring (bicyclic) bond motifs is 1. The monoisotopic (exact) mass is 305 g/mol.